The highest BCUT2D eigenvalue weighted by molar-refractivity contribution is 9.10. The topological polar surface area (TPSA) is 66.6 Å². The minimum Gasteiger partial charge on any atom is -0.478 e. The van der Waals surface area contributed by atoms with Gasteiger partial charge in [-0.2, -0.15) is 0 Å². The van der Waals surface area contributed by atoms with E-state index in [9.17, 15) is 9.90 Å². The summed E-state index contributed by atoms with van der Waals surface area (Å²) < 4.78 is 1.01. The van der Waals surface area contributed by atoms with Gasteiger partial charge in [0.15, 0.2) is 0 Å². The second kappa shape index (κ2) is 5.96. The molecule has 104 valence electrons. The van der Waals surface area contributed by atoms with Gasteiger partial charge in [0.2, 0.25) is 0 Å². The van der Waals surface area contributed by atoms with Crippen molar-refractivity contribution in [1.82, 2.24) is 0 Å². The zero-order chi connectivity index (χ0) is 14.7. The van der Waals surface area contributed by atoms with E-state index in [4.69, 9.17) is 5.73 Å². The molecule has 0 aliphatic carbocycles. The van der Waals surface area contributed by atoms with Crippen LogP contribution in [0.2, 0.25) is 0 Å². The standard InChI is InChI=1S/C15H15BrN2O2/c1-18(9-10-2-4-11(16)5-3-10)14-8-12(17)6-7-13(14)15(19)20/h2-8H,9,17H2,1H3,(H,19,20). The first-order valence-corrected chi connectivity index (χ1v) is 6.85. The van der Waals surface area contributed by atoms with Crippen LogP contribution in [0.3, 0.4) is 0 Å². The van der Waals surface area contributed by atoms with Gasteiger partial charge in [0.1, 0.15) is 0 Å². The normalized spacial score (nSPS) is 10.3. The summed E-state index contributed by atoms with van der Waals surface area (Å²) in [5.41, 5.74) is 8.25. The van der Waals surface area contributed by atoms with Crippen molar-refractivity contribution >= 4 is 33.3 Å². The van der Waals surface area contributed by atoms with Crippen LogP contribution in [0.1, 0.15) is 15.9 Å². The predicted octanol–water partition coefficient (Wildman–Crippen LogP) is 3.37. The number of nitrogen functional groups attached to an aromatic ring is 1. The Balaban J connectivity index is 2.28. The van der Waals surface area contributed by atoms with Gasteiger partial charge in [-0.1, -0.05) is 28.1 Å². The molecule has 0 unspecified atom stereocenters. The lowest BCUT2D eigenvalue weighted by Gasteiger charge is -2.22. The number of hydrogen-bond donors (Lipinski definition) is 2. The highest BCUT2D eigenvalue weighted by Gasteiger charge is 2.14. The number of hydrogen-bond acceptors (Lipinski definition) is 3. The van der Waals surface area contributed by atoms with E-state index in [0.29, 0.717) is 17.9 Å². The lowest BCUT2D eigenvalue weighted by Crippen LogP contribution is -2.19. The molecular weight excluding hydrogens is 320 g/mol. The van der Waals surface area contributed by atoms with Gasteiger partial charge < -0.3 is 15.7 Å². The molecule has 2 aromatic carbocycles. The van der Waals surface area contributed by atoms with E-state index >= 15 is 0 Å². The number of nitrogens with two attached hydrogens (primary N) is 1. The molecule has 0 atom stereocenters. The first-order valence-electron chi connectivity index (χ1n) is 6.06. The van der Waals surface area contributed by atoms with Crippen LogP contribution in [0.15, 0.2) is 46.9 Å². The molecule has 4 nitrogen and oxygen atoms in total. The maximum absolute atomic E-state index is 11.3. The minimum atomic E-state index is -0.956. The molecule has 20 heavy (non-hydrogen) atoms. The monoisotopic (exact) mass is 334 g/mol. The van der Waals surface area contributed by atoms with Crippen LogP contribution in [0.25, 0.3) is 0 Å². The van der Waals surface area contributed by atoms with E-state index in [2.05, 4.69) is 15.9 Å². The number of carbonyl (C=O) groups is 1. The van der Waals surface area contributed by atoms with E-state index in [-0.39, 0.29) is 5.56 Å². The third-order valence-corrected chi connectivity index (χ3v) is 3.53. The van der Waals surface area contributed by atoms with Gasteiger partial charge in [-0.3, -0.25) is 0 Å². The van der Waals surface area contributed by atoms with Crippen molar-refractivity contribution < 1.29 is 9.90 Å². The van der Waals surface area contributed by atoms with Gasteiger partial charge in [-0.25, -0.2) is 4.79 Å². The summed E-state index contributed by atoms with van der Waals surface area (Å²) in [6.07, 6.45) is 0. The number of carboxylic acid groups (broad SMARTS) is 1. The Labute approximate surface area is 126 Å². The number of anilines is 2. The molecule has 0 amide bonds. The first-order chi connectivity index (χ1) is 9.47. The predicted molar refractivity (Wildman–Crippen MR) is 84.1 cm³/mol. The smallest absolute Gasteiger partial charge is 0.337 e. The van der Waals surface area contributed by atoms with E-state index in [1.165, 1.54) is 6.07 Å². The average Bonchev–Trinajstić information content (AvgIpc) is 2.41. The molecule has 0 spiro atoms. The van der Waals surface area contributed by atoms with Crippen LogP contribution in [-0.4, -0.2) is 18.1 Å². The molecule has 2 aromatic rings. The SMILES string of the molecule is CN(Cc1ccc(Br)cc1)c1cc(N)ccc1C(=O)O. The maximum Gasteiger partial charge on any atom is 0.337 e. The van der Waals surface area contributed by atoms with Crippen molar-refractivity contribution in [1.29, 1.82) is 0 Å². The van der Waals surface area contributed by atoms with Crippen molar-refractivity contribution in [3.8, 4) is 0 Å². The Kier molecular flexibility index (Phi) is 4.29. The van der Waals surface area contributed by atoms with Gasteiger partial charge in [0, 0.05) is 23.8 Å². The first kappa shape index (κ1) is 14.4. The van der Waals surface area contributed by atoms with Crippen molar-refractivity contribution in [3.05, 3.63) is 58.1 Å². The molecular formula is C15H15BrN2O2. The van der Waals surface area contributed by atoms with Crippen molar-refractivity contribution in [2.24, 2.45) is 0 Å². The molecule has 0 aromatic heterocycles. The fraction of sp³-hybridized carbons (Fsp3) is 0.133. The molecule has 5 heteroatoms. The fourth-order valence-corrected chi connectivity index (χ4v) is 2.26. The fourth-order valence-electron chi connectivity index (χ4n) is 1.99. The number of carboxylic acids is 1. The number of aromatic carboxylic acids is 1. The summed E-state index contributed by atoms with van der Waals surface area (Å²) in [6, 6.07) is 12.7. The van der Waals surface area contributed by atoms with Crippen LogP contribution < -0.4 is 10.6 Å². The Morgan fingerprint density at radius 2 is 1.90 bits per heavy atom. The Hall–Kier alpha value is -2.01. The minimum absolute atomic E-state index is 0.249. The molecule has 0 bridgehead atoms. The summed E-state index contributed by atoms with van der Waals surface area (Å²) in [5.74, 6) is -0.956. The van der Waals surface area contributed by atoms with Gasteiger partial charge in [-0.05, 0) is 35.9 Å². The lowest BCUT2D eigenvalue weighted by atomic mass is 10.1. The highest BCUT2D eigenvalue weighted by Crippen LogP contribution is 2.24. The van der Waals surface area contributed by atoms with Crippen molar-refractivity contribution in [3.63, 3.8) is 0 Å². The van der Waals surface area contributed by atoms with Crippen LogP contribution in [0.5, 0.6) is 0 Å². The molecule has 0 heterocycles. The van der Waals surface area contributed by atoms with Crippen LogP contribution >= 0.6 is 15.9 Å². The molecule has 3 N–H and O–H groups in total. The number of nitrogens with zero attached hydrogens (tertiary/aromatic N) is 1. The third-order valence-electron chi connectivity index (χ3n) is 3.00. The van der Waals surface area contributed by atoms with Crippen molar-refractivity contribution in [2.75, 3.05) is 17.7 Å². The summed E-state index contributed by atoms with van der Waals surface area (Å²) in [4.78, 5) is 13.1. The highest BCUT2D eigenvalue weighted by atomic mass is 79.9. The van der Waals surface area contributed by atoms with E-state index in [1.54, 1.807) is 12.1 Å². The van der Waals surface area contributed by atoms with Gasteiger partial charge in [0.05, 0.1) is 11.3 Å². The molecule has 0 saturated heterocycles. The average molecular weight is 335 g/mol. The Morgan fingerprint density at radius 1 is 1.25 bits per heavy atom. The van der Waals surface area contributed by atoms with Gasteiger partial charge in [-0.15, -0.1) is 0 Å². The summed E-state index contributed by atoms with van der Waals surface area (Å²) in [6.45, 7) is 0.608. The van der Waals surface area contributed by atoms with Crippen LogP contribution in [0.4, 0.5) is 11.4 Å². The zero-order valence-corrected chi connectivity index (χ0v) is 12.6. The van der Waals surface area contributed by atoms with Crippen LogP contribution in [-0.2, 0) is 6.54 Å². The van der Waals surface area contributed by atoms with Crippen molar-refractivity contribution in [2.45, 2.75) is 6.54 Å². The number of halogens is 1. The quantitative estimate of drug-likeness (QED) is 0.841. The molecule has 0 aliphatic heterocycles. The number of benzene rings is 2. The van der Waals surface area contributed by atoms with Crippen LogP contribution in [0, 0.1) is 0 Å². The largest absolute Gasteiger partial charge is 0.478 e. The van der Waals surface area contributed by atoms with E-state index in [1.807, 2.05) is 36.2 Å². The molecule has 0 radical (unpaired) electrons. The molecule has 0 saturated carbocycles. The molecule has 2 rings (SSSR count). The molecule has 0 fully saturated rings. The Bertz CT molecular complexity index is 626. The second-order valence-electron chi connectivity index (χ2n) is 4.56. The lowest BCUT2D eigenvalue weighted by molar-refractivity contribution is 0.0697. The van der Waals surface area contributed by atoms with Gasteiger partial charge in [0.25, 0.3) is 0 Å². The van der Waals surface area contributed by atoms with Gasteiger partial charge >= 0.3 is 5.97 Å². The maximum atomic E-state index is 11.3. The molecule has 0 aliphatic rings. The third kappa shape index (κ3) is 3.30. The zero-order valence-electron chi connectivity index (χ0n) is 11.0. The summed E-state index contributed by atoms with van der Waals surface area (Å²) >= 11 is 3.39. The summed E-state index contributed by atoms with van der Waals surface area (Å²) in [5, 5.41) is 9.23. The van der Waals surface area contributed by atoms with E-state index in [0.717, 1.165) is 10.0 Å². The number of rotatable bonds is 4. The Morgan fingerprint density at radius 3 is 2.50 bits per heavy atom. The second-order valence-corrected chi connectivity index (χ2v) is 5.48. The summed E-state index contributed by atoms with van der Waals surface area (Å²) in [7, 11) is 1.85. The van der Waals surface area contributed by atoms with E-state index < -0.39 is 5.97 Å².